The van der Waals surface area contributed by atoms with E-state index in [2.05, 4.69) is 62.4 Å². The highest BCUT2D eigenvalue weighted by molar-refractivity contribution is 9.10. The molecule has 0 aliphatic carbocycles. The summed E-state index contributed by atoms with van der Waals surface area (Å²) in [6.07, 6.45) is 0. The van der Waals surface area contributed by atoms with E-state index in [-0.39, 0.29) is 5.91 Å². The highest BCUT2D eigenvalue weighted by Gasteiger charge is 2.19. The molecule has 0 bridgehead atoms. The number of halogens is 1. The Morgan fingerprint density at radius 2 is 1.87 bits per heavy atom. The van der Waals surface area contributed by atoms with E-state index in [1.807, 2.05) is 24.3 Å². The van der Waals surface area contributed by atoms with E-state index < -0.39 is 0 Å². The molecule has 5 heteroatoms. The van der Waals surface area contributed by atoms with Gasteiger partial charge in [-0.2, -0.15) is 0 Å². The molecule has 0 aromatic heterocycles. The van der Waals surface area contributed by atoms with Gasteiger partial charge in [-0.05, 0) is 35.9 Å². The second kappa shape index (κ2) is 7.15. The molecule has 1 amide bonds. The second-order valence-corrected chi connectivity index (χ2v) is 6.73. The number of fused-ring (bicyclic) bond motifs is 1. The second-order valence-electron chi connectivity index (χ2n) is 5.82. The fraction of sp³-hybridized carbons (Fsp3) is 0.278. The SMILES string of the molecule is CN1CCN(CC(=O)Nc2ccc(Br)cc2)Cc2ccccc21. The lowest BCUT2D eigenvalue weighted by molar-refractivity contribution is -0.117. The minimum Gasteiger partial charge on any atom is -0.373 e. The topological polar surface area (TPSA) is 35.6 Å². The van der Waals surface area contributed by atoms with E-state index in [4.69, 9.17) is 0 Å². The molecule has 0 saturated heterocycles. The third kappa shape index (κ3) is 4.12. The number of nitrogens with zero attached hydrogens (tertiary/aromatic N) is 2. The number of hydrogen-bond acceptors (Lipinski definition) is 3. The van der Waals surface area contributed by atoms with Gasteiger partial charge in [0.1, 0.15) is 0 Å². The Labute approximate surface area is 145 Å². The van der Waals surface area contributed by atoms with Crippen molar-refractivity contribution in [3.05, 3.63) is 58.6 Å². The molecule has 0 saturated carbocycles. The third-order valence-electron chi connectivity index (χ3n) is 4.04. The number of likely N-dealkylation sites (N-methyl/N-ethyl adjacent to an activating group) is 1. The lowest BCUT2D eigenvalue weighted by Gasteiger charge is -2.20. The van der Waals surface area contributed by atoms with Gasteiger partial charge in [0.05, 0.1) is 6.54 Å². The number of rotatable bonds is 3. The van der Waals surface area contributed by atoms with E-state index in [9.17, 15) is 4.79 Å². The summed E-state index contributed by atoms with van der Waals surface area (Å²) < 4.78 is 1.00. The first-order chi connectivity index (χ1) is 11.1. The van der Waals surface area contributed by atoms with Crippen LogP contribution in [0.15, 0.2) is 53.0 Å². The number of para-hydroxylation sites is 1. The minimum atomic E-state index is 0.0226. The summed E-state index contributed by atoms with van der Waals surface area (Å²) in [6.45, 7) is 2.99. The molecule has 0 radical (unpaired) electrons. The Balaban J connectivity index is 1.64. The summed E-state index contributed by atoms with van der Waals surface area (Å²) in [5.41, 5.74) is 3.35. The first-order valence-electron chi connectivity index (χ1n) is 7.68. The van der Waals surface area contributed by atoms with Crippen molar-refractivity contribution in [2.24, 2.45) is 0 Å². The molecular formula is C18H20BrN3O. The van der Waals surface area contributed by atoms with Crippen molar-refractivity contribution in [2.75, 3.05) is 36.9 Å². The van der Waals surface area contributed by atoms with E-state index >= 15 is 0 Å². The third-order valence-corrected chi connectivity index (χ3v) is 4.57. The van der Waals surface area contributed by atoms with Gasteiger partial charge in [-0.15, -0.1) is 0 Å². The highest BCUT2D eigenvalue weighted by atomic mass is 79.9. The maximum atomic E-state index is 12.3. The van der Waals surface area contributed by atoms with Crippen molar-refractivity contribution in [1.29, 1.82) is 0 Å². The Morgan fingerprint density at radius 1 is 1.13 bits per heavy atom. The summed E-state index contributed by atoms with van der Waals surface area (Å²) >= 11 is 3.40. The Bertz CT molecular complexity index is 687. The summed E-state index contributed by atoms with van der Waals surface area (Å²) in [7, 11) is 2.10. The largest absolute Gasteiger partial charge is 0.373 e. The van der Waals surface area contributed by atoms with Crippen LogP contribution in [0.5, 0.6) is 0 Å². The first kappa shape index (κ1) is 16.0. The number of hydrogen-bond donors (Lipinski definition) is 1. The first-order valence-corrected chi connectivity index (χ1v) is 8.48. The molecule has 2 aromatic rings. The van der Waals surface area contributed by atoms with Crippen LogP contribution in [0.2, 0.25) is 0 Å². The quantitative estimate of drug-likeness (QED) is 0.895. The molecule has 1 heterocycles. The molecule has 0 unspecified atom stereocenters. The van der Waals surface area contributed by atoms with Crippen molar-refractivity contribution in [1.82, 2.24) is 4.90 Å². The number of nitrogens with one attached hydrogen (secondary N) is 1. The van der Waals surface area contributed by atoms with Gasteiger partial charge in [-0.1, -0.05) is 34.1 Å². The van der Waals surface area contributed by atoms with Crippen molar-refractivity contribution in [2.45, 2.75) is 6.54 Å². The average molecular weight is 374 g/mol. The van der Waals surface area contributed by atoms with Gasteiger partial charge < -0.3 is 10.2 Å². The molecule has 0 atom stereocenters. The average Bonchev–Trinajstić information content (AvgIpc) is 2.69. The Kier molecular flexibility index (Phi) is 4.98. The number of carbonyl (C=O) groups excluding carboxylic acids is 1. The van der Waals surface area contributed by atoms with Crippen LogP contribution in [-0.4, -0.2) is 37.5 Å². The molecule has 4 nitrogen and oxygen atoms in total. The van der Waals surface area contributed by atoms with Crippen molar-refractivity contribution < 1.29 is 4.79 Å². The Morgan fingerprint density at radius 3 is 2.65 bits per heavy atom. The van der Waals surface area contributed by atoms with Gasteiger partial charge >= 0.3 is 0 Å². The van der Waals surface area contributed by atoms with Crippen LogP contribution >= 0.6 is 15.9 Å². The molecule has 0 spiro atoms. The van der Waals surface area contributed by atoms with Crippen LogP contribution in [0.3, 0.4) is 0 Å². The summed E-state index contributed by atoms with van der Waals surface area (Å²) in [4.78, 5) is 16.7. The number of carbonyl (C=O) groups is 1. The van der Waals surface area contributed by atoms with Crippen LogP contribution in [0, 0.1) is 0 Å². The summed E-state index contributed by atoms with van der Waals surface area (Å²) in [5, 5.41) is 2.96. The lowest BCUT2D eigenvalue weighted by atomic mass is 10.1. The molecule has 1 aliphatic rings. The van der Waals surface area contributed by atoms with Gasteiger partial charge in [0.15, 0.2) is 0 Å². The molecule has 1 aliphatic heterocycles. The van der Waals surface area contributed by atoms with Gasteiger partial charge in [-0.3, -0.25) is 9.69 Å². The van der Waals surface area contributed by atoms with Gasteiger partial charge in [0.25, 0.3) is 0 Å². The van der Waals surface area contributed by atoms with Gasteiger partial charge in [0, 0.05) is 42.5 Å². The standard InChI is InChI=1S/C18H20BrN3O/c1-21-10-11-22(12-14-4-2-3-5-17(14)21)13-18(23)20-16-8-6-15(19)7-9-16/h2-9H,10-13H2,1H3,(H,20,23). The van der Waals surface area contributed by atoms with Crippen molar-refractivity contribution in [3.8, 4) is 0 Å². The fourth-order valence-corrected chi connectivity index (χ4v) is 3.08. The van der Waals surface area contributed by atoms with Crippen LogP contribution < -0.4 is 10.2 Å². The fourth-order valence-electron chi connectivity index (χ4n) is 2.82. The number of benzene rings is 2. The molecule has 23 heavy (non-hydrogen) atoms. The van der Waals surface area contributed by atoms with Crippen LogP contribution in [0.25, 0.3) is 0 Å². The van der Waals surface area contributed by atoms with E-state index in [0.717, 1.165) is 29.8 Å². The van der Waals surface area contributed by atoms with Crippen molar-refractivity contribution in [3.63, 3.8) is 0 Å². The molecule has 3 rings (SSSR count). The predicted molar refractivity (Wildman–Crippen MR) is 97.8 cm³/mol. The van der Waals surface area contributed by atoms with Gasteiger partial charge in [0.2, 0.25) is 5.91 Å². The minimum absolute atomic E-state index is 0.0226. The van der Waals surface area contributed by atoms with E-state index in [1.165, 1.54) is 11.3 Å². The monoisotopic (exact) mass is 373 g/mol. The number of amides is 1. The maximum Gasteiger partial charge on any atom is 0.238 e. The van der Waals surface area contributed by atoms with Crippen LogP contribution in [-0.2, 0) is 11.3 Å². The maximum absolute atomic E-state index is 12.3. The molecule has 2 aromatic carbocycles. The summed E-state index contributed by atoms with van der Waals surface area (Å²) in [6, 6.07) is 16.0. The van der Waals surface area contributed by atoms with Gasteiger partial charge in [-0.25, -0.2) is 0 Å². The highest BCUT2D eigenvalue weighted by Crippen LogP contribution is 2.23. The molecule has 120 valence electrons. The molecule has 1 N–H and O–H groups in total. The van der Waals surface area contributed by atoms with Crippen LogP contribution in [0.4, 0.5) is 11.4 Å². The normalized spacial score (nSPS) is 15.0. The predicted octanol–water partition coefficient (Wildman–Crippen LogP) is 3.34. The lowest BCUT2D eigenvalue weighted by Crippen LogP contribution is -2.35. The number of anilines is 2. The molecule has 0 fully saturated rings. The zero-order chi connectivity index (χ0) is 16.2. The van der Waals surface area contributed by atoms with Crippen LogP contribution in [0.1, 0.15) is 5.56 Å². The summed E-state index contributed by atoms with van der Waals surface area (Å²) in [5.74, 6) is 0.0226. The smallest absolute Gasteiger partial charge is 0.238 e. The van der Waals surface area contributed by atoms with E-state index in [1.54, 1.807) is 0 Å². The van der Waals surface area contributed by atoms with Crippen molar-refractivity contribution >= 4 is 33.2 Å². The Hall–Kier alpha value is -1.85. The van der Waals surface area contributed by atoms with E-state index in [0.29, 0.717) is 6.54 Å². The zero-order valence-corrected chi connectivity index (χ0v) is 14.7. The zero-order valence-electron chi connectivity index (χ0n) is 13.1. The molecular weight excluding hydrogens is 354 g/mol.